The number of aliphatic hydroxyl groups is 1. The van der Waals surface area contributed by atoms with Crippen molar-refractivity contribution in [1.29, 1.82) is 0 Å². The van der Waals surface area contributed by atoms with E-state index < -0.39 is 0 Å². The SMILES string of the molecule is CN(C)CC(O)CNc1ccc(Cl)cc1. The third kappa shape index (κ3) is 5.02. The Morgan fingerprint density at radius 3 is 2.47 bits per heavy atom. The molecule has 1 aromatic carbocycles. The molecule has 3 nitrogen and oxygen atoms in total. The van der Waals surface area contributed by atoms with Gasteiger partial charge in [0.05, 0.1) is 6.10 Å². The lowest BCUT2D eigenvalue weighted by atomic mass is 10.3. The lowest BCUT2D eigenvalue weighted by Crippen LogP contribution is -2.31. The Hall–Kier alpha value is -0.770. The number of likely N-dealkylation sites (N-methyl/N-ethyl adjacent to an activating group) is 1. The van der Waals surface area contributed by atoms with Gasteiger partial charge in [-0.15, -0.1) is 0 Å². The predicted molar refractivity (Wildman–Crippen MR) is 64.5 cm³/mol. The highest BCUT2D eigenvalue weighted by molar-refractivity contribution is 6.30. The van der Waals surface area contributed by atoms with E-state index >= 15 is 0 Å². The summed E-state index contributed by atoms with van der Waals surface area (Å²) in [4.78, 5) is 1.95. The number of nitrogens with zero attached hydrogens (tertiary/aromatic N) is 1. The van der Waals surface area contributed by atoms with E-state index in [1.165, 1.54) is 0 Å². The number of aliphatic hydroxyl groups excluding tert-OH is 1. The zero-order valence-corrected chi connectivity index (χ0v) is 9.83. The van der Waals surface area contributed by atoms with Crippen molar-refractivity contribution in [3.05, 3.63) is 29.3 Å². The summed E-state index contributed by atoms with van der Waals surface area (Å²) in [5.41, 5.74) is 0.970. The molecule has 1 rings (SSSR count). The summed E-state index contributed by atoms with van der Waals surface area (Å²) in [6.45, 7) is 1.19. The maximum Gasteiger partial charge on any atom is 0.0838 e. The van der Waals surface area contributed by atoms with Crippen LogP contribution >= 0.6 is 11.6 Å². The van der Waals surface area contributed by atoms with Crippen LogP contribution in [-0.4, -0.2) is 43.3 Å². The quantitative estimate of drug-likeness (QED) is 0.805. The van der Waals surface area contributed by atoms with Crippen molar-refractivity contribution in [3.63, 3.8) is 0 Å². The van der Waals surface area contributed by atoms with Crippen molar-refractivity contribution in [2.75, 3.05) is 32.5 Å². The molecule has 0 fully saturated rings. The van der Waals surface area contributed by atoms with E-state index in [1.807, 2.05) is 43.3 Å². The fraction of sp³-hybridized carbons (Fsp3) is 0.455. The van der Waals surface area contributed by atoms with Crippen LogP contribution < -0.4 is 5.32 Å². The van der Waals surface area contributed by atoms with Gasteiger partial charge in [0.1, 0.15) is 0 Å². The first kappa shape index (κ1) is 12.3. The molecule has 1 atom stereocenters. The number of nitrogens with one attached hydrogen (secondary N) is 1. The van der Waals surface area contributed by atoms with Gasteiger partial charge in [0.25, 0.3) is 0 Å². The van der Waals surface area contributed by atoms with Gasteiger partial charge in [0.15, 0.2) is 0 Å². The number of benzene rings is 1. The largest absolute Gasteiger partial charge is 0.390 e. The normalized spacial score (nSPS) is 12.9. The predicted octanol–water partition coefficient (Wildman–Crippen LogP) is 1.67. The third-order valence-electron chi connectivity index (χ3n) is 1.96. The Morgan fingerprint density at radius 2 is 1.93 bits per heavy atom. The molecule has 0 radical (unpaired) electrons. The molecule has 0 aliphatic rings. The minimum absolute atomic E-state index is 0.365. The van der Waals surface area contributed by atoms with Crippen LogP contribution in [0.5, 0.6) is 0 Å². The molecule has 0 heterocycles. The third-order valence-corrected chi connectivity index (χ3v) is 2.21. The van der Waals surface area contributed by atoms with Gasteiger partial charge in [-0.2, -0.15) is 0 Å². The molecule has 84 valence electrons. The zero-order valence-electron chi connectivity index (χ0n) is 9.07. The second-order valence-corrected chi connectivity index (χ2v) is 4.24. The fourth-order valence-electron chi connectivity index (χ4n) is 1.29. The molecule has 4 heteroatoms. The van der Waals surface area contributed by atoms with Gasteiger partial charge in [-0.05, 0) is 38.4 Å². The van der Waals surface area contributed by atoms with Crippen molar-refractivity contribution in [2.24, 2.45) is 0 Å². The minimum Gasteiger partial charge on any atom is -0.390 e. The van der Waals surface area contributed by atoms with Crippen LogP contribution in [0.15, 0.2) is 24.3 Å². The summed E-state index contributed by atoms with van der Waals surface area (Å²) >= 11 is 5.76. The van der Waals surface area contributed by atoms with Gasteiger partial charge in [-0.3, -0.25) is 0 Å². The van der Waals surface area contributed by atoms with Gasteiger partial charge >= 0.3 is 0 Å². The van der Waals surface area contributed by atoms with Crippen molar-refractivity contribution in [1.82, 2.24) is 4.90 Å². The van der Waals surface area contributed by atoms with Crippen molar-refractivity contribution in [2.45, 2.75) is 6.10 Å². The molecule has 1 aromatic rings. The summed E-state index contributed by atoms with van der Waals surface area (Å²) in [6.07, 6.45) is -0.365. The average molecular weight is 229 g/mol. The van der Waals surface area contributed by atoms with E-state index in [1.54, 1.807) is 0 Å². The second-order valence-electron chi connectivity index (χ2n) is 3.80. The molecule has 0 amide bonds. The molecule has 0 bridgehead atoms. The van der Waals surface area contributed by atoms with Crippen molar-refractivity contribution < 1.29 is 5.11 Å². The van der Waals surface area contributed by atoms with E-state index in [9.17, 15) is 5.11 Å². The topological polar surface area (TPSA) is 35.5 Å². The van der Waals surface area contributed by atoms with Crippen LogP contribution in [0, 0.1) is 0 Å². The summed E-state index contributed by atoms with van der Waals surface area (Å²) in [6, 6.07) is 7.43. The van der Waals surface area contributed by atoms with E-state index in [0.717, 1.165) is 10.7 Å². The summed E-state index contributed by atoms with van der Waals surface area (Å²) in [5, 5.41) is 13.5. The Morgan fingerprint density at radius 1 is 1.33 bits per heavy atom. The highest BCUT2D eigenvalue weighted by Gasteiger charge is 2.04. The van der Waals surface area contributed by atoms with Gasteiger partial charge in [0.2, 0.25) is 0 Å². The Kier molecular flexibility index (Phi) is 4.88. The fourth-order valence-corrected chi connectivity index (χ4v) is 1.42. The molecule has 0 aromatic heterocycles. The van der Waals surface area contributed by atoms with Crippen LogP contribution in [-0.2, 0) is 0 Å². The number of hydrogen-bond donors (Lipinski definition) is 2. The average Bonchev–Trinajstić information content (AvgIpc) is 2.16. The van der Waals surface area contributed by atoms with E-state index in [0.29, 0.717) is 13.1 Å². The molecule has 0 aliphatic heterocycles. The second kappa shape index (κ2) is 5.95. The molecular weight excluding hydrogens is 212 g/mol. The van der Waals surface area contributed by atoms with Gasteiger partial charge in [-0.1, -0.05) is 11.6 Å². The minimum atomic E-state index is -0.365. The molecule has 1 unspecified atom stereocenters. The van der Waals surface area contributed by atoms with Crippen LogP contribution in [0.25, 0.3) is 0 Å². The van der Waals surface area contributed by atoms with Gasteiger partial charge in [0, 0.05) is 23.8 Å². The number of hydrogen-bond acceptors (Lipinski definition) is 3. The number of anilines is 1. The lowest BCUT2D eigenvalue weighted by molar-refractivity contribution is 0.148. The van der Waals surface area contributed by atoms with Gasteiger partial charge in [-0.25, -0.2) is 0 Å². The monoisotopic (exact) mass is 228 g/mol. The number of halogens is 1. The lowest BCUT2D eigenvalue weighted by Gasteiger charge is -2.16. The highest BCUT2D eigenvalue weighted by atomic mass is 35.5. The van der Waals surface area contributed by atoms with Crippen LogP contribution in [0.3, 0.4) is 0 Å². The summed E-state index contributed by atoms with van der Waals surface area (Å²) in [7, 11) is 3.87. The standard InChI is InChI=1S/C11H17ClN2O/c1-14(2)8-11(15)7-13-10-5-3-9(12)4-6-10/h3-6,11,13,15H,7-8H2,1-2H3. The van der Waals surface area contributed by atoms with Crippen LogP contribution in [0.4, 0.5) is 5.69 Å². The molecule has 0 saturated carbocycles. The number of rotatable bonds is 5. The zero-order chi connectivity index (χ0) is 11.3. The summed E-state index contributed by atoms with van der Waals surface area (Å²) in [5.74, 6) is 0. The van der Waals surface area contributed by atoms with Crippen molar-refractivity contribution in [3.8, 4) is 0 Å². The Bertz CT molecular complexity index is 287. The summed E-state index contributed by atoms with van der Waals surface area (Å²) < 4.78 is 0. The van der Waals surface area contributed by atoms with E-state index in [2.05, 4.69) is 5.32 Å². The van der Waals surface area contributed by atoms with Crippen LogP contribution in [0.2, 0.25) is 5.02 Å². The van der Waals surface area contributed by atoms with Crippen LogP contribution in [0.1, 0.15) is 0 Å². The Balaban J connectivity index is 2.33. The molecule has 0 spiro atoms. The highest BCUT2D eigenvalue weighted by Crippen LogP contribution is 2.13. The van der Waals surface area contributed by atoms with E-state index in [-0.39, 0.29) is 6.10 Å². The maximum absolute atomic E-state index is 9.61. The molecule has 2 N–H and O–H groups in total. The van der Waals surface area contributed by atoms with E-state index in [4.69, 9.17) is 11.6 Å². The maximum atomic E-state index is 9.61. The first-order valence-corrected chi connectivity index (χ1v) is 5.28. The molecule has 15 heavy (non-hydrogen) atoms. The first-order valence-electron chi connectivity index (χ1n) is 4.90. The van der Waals surface area contributed by atoms with Crippen molar-refractivity contribution >= 4 is 17.3 Å². The molecule has 0 saturated heterocycles. The first-order chi connectivity index (χ1) is 7.08. The van der Waals surface area contributed by atoms with Gasteiger partial charge < -0.3 is 15.3 Å². The smallest absolute Gasteiger partial charge is 0.0838 e. The Labute approximate surface area is 95.7 Å². The molecule has 0 aliphatic carbocycles. The molecular formula is C11H17ClN2O.